The standard InChI is InChI=1S/C15H17ClN2/c1-12(8-13-4-2-6-15(16)9-13)18-11-14-5-3-7-17-10-14/h2-7,9-10,12,18H,8,11H2,1H3. The summed E-state index contributed by atoms with van der Waals surface area (Å²) in [5, 5.41) is 4.28. The van der Waals surface area contributed by atoms with Crippen LogP contribution in [0.15, 0.2) is 48.8 Å². The van der Waals surface area contributed by atoms with Crippen LogP contribution in [0, 0.1) is 0 Å². The first-order valence-corrected chi connectivity index (χ1v) is 6.48. The van der Waals surface area contributed by atoms with E-state index in [-0.39, 0.29) is 0 Å². The maximum atomic E-state index is 5.97. The van der Waals surface area contributed by atoms with Crippen molar-refractivity contribution < 1.29 is 0 Å². The molecule has 0 saturated heterocycles. The molecule has 1 N–H and O–H groups in total. The van der Waals surface area contributed by atoms with Gasteiger partial charge in [-0.2, -0.15) is 0 Å². The Balaban J connectivity index is 1.84. The van der Waals surface area contributed by atoms with Gasteiger partial charge in [-0.15, -0.1) is 0 Å². The van der Waals surface area contributed by atoms with Crippen LogP contribution in [0.5, 0.6) is 0 Å². The molecular formula is C15H17ClN2. The molecule has 0 saturated carbocycles. The molecule has 0 bridgehead atoms. The molecule has 1 heterocycles. The van der Waals surface area contributed by atoms with Crippen LogP contribution in [-0.4, -0.2) is 11.0 Å². The molecule has 3 heteroatoms. The number of nitrogens with zero attached hydrogens (tertiary/aromatic N) is 1. The number of benzene rings is 1. The van der Waals surface area contributed by atoms with Crippen molar-refractivity contribution in [3.63, 3.8) is 0 Å². The number of pyridine rings is 1. The molecule has 18 heavy (non-hydrogen) atoms. The Morgan fingerprint density at radius 3 is 2.78 bits per heavy atom. The van der Waals surface area contributed by atoms with Gasteiger partial charge >= 0.3 is 0 Å². The normalized spacial score (nSPS) is 12.3. The Bertz CT molecular complexity index is 485. The average Bonchev–Trinajstić information content (AvgIpc) is 2.38. The highest BCUT2D eigenvalue weighted by Crippen LogP contribution is 2.12. The lowest BCUT2D eigenvalue weighted by atomic mass is 10.1. The Kier molecular flexibility index (Phi) is 4.73. The molecule has 1 unspecified atom stereocenters. The van der Waals surface area contributed by atoms with Gasteiger partial charge in [0, 0.05) is 30.0 Å². The summed E-state index contributed by atoms with van der Waals surface area (Å²) in [6.07, 6.45) is 4.65. The van der Waals surface area contributed by atoms with E-state index in [9.17, 15) is 0 Å². The van der Waals surface area contributed by atoms with Crippen molar-refractivity contribution in [2.75, 3.05) is 0 Å². The van der Waals surface area contributed by atoms with Crippen LogP contribution < -0.4 is 5.32 Å². The molecule has 0 amide bonds. The maximum Gasteiger partial charge on any atom is 0.0408 e. The predicted molar refractivity (Wildman–Crippen MR) is 75.7 cm³/mol. The summed E-state index contributed by atoms with van der Waals surface area (Å²) in [4.78, 5) is 4.10. The number of hydrogen-bond acceptors (Lipinski definition) is 2. The number of aromatic nitrogens is 1. The van der Waals surface area contributed by atoms with Gasteiger partial charge in [0.25, 0.3) is 0 Å². The van der Waals surface area contributed by atoms with Crippen molar-refractivity contribution in [3.05, 3.63) is 64.9 Å². The summed E-state index contributed by atoms with van der Waals surface area (Å²) >= 11 is 5.97. The number of nitrogens with one attached hydrogen (secondary N) is 1. The van der Waals surface area contributed by atoms with Crippen molar-refractivity contribution in [3.8, 4) is 0 Å². The van der Waals surface area contributed by atoms with E-state index in [0.29, 0.717) is 6.04 Å². The third-order valence-corrected chi connectivity index (χ3v) is 3.04. The van der Waals surface area contributed by atoms with Gasteiger partial charge in [-0.1, -0.05) is 29.8 Å². The van der Waals surface area contributed by atoms with Crippen LogP contribution in [0.2, 0.25) is 5.02 Å². The Morgan fingerprint density at radius 1 is 1.22 bits per heavy atom. The van der Waals surface area contributed by atoms with Crippen LogP contribution in [0.25, 0.3) is 0 Å². The third-order valence-electron chi connectivity index (χ3n) is 2.81. The van der Waals surface area contributed by atoms with Crippen molar-refractivity contribution in [2.24, 2.45) is 0 Å². The monoisotopic (exact) mass is 260 g/mol. The minimum absolute atomic E-state index is 0.406. The first-order chi connectivity index (χ1) is 8.74. The molecule has 2 nitrogen and oxygen atoms in total. The first-order valence-electron chi connectivity index (χ1n) is 6.11. The SMILES string of the molecule is CC(Cc1cccc(Cl)c1)NCc1cccnc1. The second-order valence-electron chi connectivity index (χ2n) is 4.48. The molecule has 2 aromatic rings. The lowest BCUT2D eigenvalue weighted by Crippen LogP contribution is -2.27. The van der Waals surface area contributed by atoms with Gasteiger partial charge in [-0.25, -0.2) is 0 Å². The van der Waals surface area contributed by atoms with Gasteiger partial charge in [0.2, 0.25) is 0 Å². The minimum Gasteiger partial charge on any atom is -0.310 e. The summed E-state index contributed by atoms with van der Waals surface area (Å²) in [6, 6.07) is 12.5. The Hall–Kier alpha value is -1.38. The largest absolute Gasteiger partial charge is 0.310 e. The molecule has 1 aromatic carbocycles. The smallest absolute Gasteiger partial charge is 0.0408 e. The fraction of sp³-hybridized carbons (Fsp3) is 0.267. The molecular weight excluding hydrogens is 244 g/mol. The molecule has 94 valence electrons. The van der Waals surface area contributed by atoms with Gasteiger partial charge in [-0.05, 0) is 42.7 Å². The molecule has 0 fully saturated rings. The predicted octanol–water partition coefficient (Wildman–Crippen LogP) is 3.46. The van der Waals surface area contributed by atoms with E-state index in [0.717, 1.165) is 18.0 Å². The van der Waals surface area contributed by atoms with E-state index in [1.165, 1.54) is 11.1 Å². The highest BCUT2D eigenvalue weighted by atomic mass is 35.5. The quantitative estimate of drug-likeness (QED) is 0.891. The van der Waals surface area contributed by atoms with E-state index in [2.05, 4.69) is 29.4 Å². The highest BCUT2D eigenvalue weighted by molar-refractivity contribution is 6.30. The van der Waals surface area contributed by atoms with Crippen LogP contribution in [0.3, 0.4) is 0 Å². The second-order valence-corrected chi connectivity index (χ2v) is 4.91. The first kappa shape index (κ1) is 13.1. The van der Waals surface area contributed by atoms with E-state index in [1.54, 1.807) is 6.20 Å². The zero-order valence-electron chi connectivity index (χ0n) is 10.4. The van der Waals surface area contributed by atoms with E-state index < -0.39 is 0 Å². The van der Waals surface area contributed by atoms with Crippen molar-refractivity contribution >= 4 is 11.6 Å². The van der Waals surface area contributed by atoms with E-state index >= 15 is 0 Å². The summed E-state index contributed by atoms with van der Waals surface area (Å²) in [5.74, 6) is 0. The van der Waals surface area contributed by atoms with Gasteiger partial charge in [0.05, 0.1) is 0 Å². The molecule has 1 atom stereocenters. The lowest BCUT2D eigenvalue weighted by molar-refractivity contribution is 0.545. The molecule has 1 aromatic heterocycles. The van der Waals surface area contributed by atoms with E-state index in [4.69, 9.17) is 11.6 Å². The van der Waals surface area contributed by atoms with Gasteiger partial charge in [0.15, 0.2) is 0 Å². The van der Waals surface area contributed by atoms with Gasteiger partial charge in [-0.3, -0.25) is 4.98 Å². The van der Waals surface area contributed by atoms with Crippen LogP contribution in [0.1, 0.15) is 18.1 Å². The number of halogens is 1. The fourth-order valence-corrected chi connectivity index (χ4v) is 2.10. The maximum absolute atomic E-state index is 5.97. The summed E-state index contributed by atoms with van der Waals surface area (Å²) in [6.45, 7) is 3.02. The number of hydrogen-bond donors (Lipinski definition) is 1. The van der Waals surface area contributed by atoms with Gasteiger partial charge < -0.3 is 5.32 Å². The molecule has 0 aliphatic rings. The Labute approximate surface area is 113 Å². The zero-order chi connectivity index (χ0) is 12.8. The molecule has 2 rings (SSSR count). The lowest BCUT2D eigenvalue weighted by Gasteiger charge is -2.14. The van der Waals surface area contributed by atoms with Crippen LogP contribution in [-0.2, 0) is 13.0 Å². The molecule has 0 radical (unpaired) electrons. The third kappa shape index (κ3) is 4.13. The summed E-state index contributed by atoms with van der Waals surface area (Å²) < 4.78 is 0. The number of rotatable bonds is 5. The van der Waals surface area contributed by atoms with Crippen molar-refractivity contribution in [1.82, 2.24) is 10.3 Å². The summed E-state index contributed by atoms with van der Waals surface area (Å²) in [7, 11) is 0. The molecule has 0 spiro atoms. The molecule has 0 aliphatic heterocycles. The van der Waals surface area contributed by atoms with Crippen molar-refractivity contribution in [2.45, 2.75) is 25.9 Å². The Morgan fingerprint density at radius 2 is 2.06 bits per heavy atom. The minimum atomic E-state index is 0.406. The summed E-state index contributed by atoms with van der Waals surface area (Å²) in [5.41, 5.74) is 2.46. The molecule has 0 aliphatic carbocycles. The fourth-order valence-electron chi connectivity index (χ4n) is 1.88. The zero-order valence-corrected chi connectivity index (χ0v) is 11.2. The average molecular weight is 261 g/mol. The van der Waals surface area contributed by atoms with Gasteiger partial charge in [0.1, 0.15) is 0 Å². The van der Waals surface area contributed by atoms with E-state index in [1.807, 2.05) is 30.5 Å². The van der Waals surface area contributed by atoms with Crippen LogP contribution in [0.4, 0.5) is 0 Å². The topological polar surface area (TPSA) is 24.9 Å². The van der Waals surface area contributed by atoms with Crippen molar-refractivity contribution in [1.29, 1.82) is 0 Å². The second kappa shape index (κ2) is 6.53. The van der Waals surface area contributed by atoms with Crippen LogP contribution >= 0.6 is 11.6 Å². The highest BCUT2D eigenvalue weighted by Gasteiger charge is 2.03.